The number of carboxylic acids is 1. The third kappa shape index (κ3) is 5.57. The lowest BCUT2D eigenvalue weighted by atomic mass is 9.96. The van der Waals surface area contributed by atoms with Gasteiger partial charge in [0.05, 0.1) is 5.56 Å². The molecule has 0 aliphatic carbocycles. The summed E-state index contributed by atoms with van der Waals surface area (Å²) in [5, 5.41) is 11.6. The Bertz CT molecular complexity index is 465. The third-order valence-electron chi connectivity index (χ3n) is 3.19. The number of halogens is 1. The van der Waals surface area contributed by atoms with Gasteiger partial charge < -0.3 is 10.4 Å². The summed E-state index contributed by atoms with van der Waals surface area (Å²) in [6.07, 6.45) is 3.98. The van der Waals surface area contributed by atoms with Crippen LogP contribution in [-0.4, -0.2) is 28.5 Å². The Labute approximate surface area is 123 Å². The first-order valence-corrected chi connectivity index (χ1v) is 7.02. The van der Waals surface area contributed by atoms with Crippen molar-refractivity contribution in [3.8, 4) is 0 Å². The van der Waals surface area contributed by atoms with Crippen LogP contribution in [0, 0.1) is 5.92 Å². The minimum atomic E-state index is -0.783. The molecule has 0 aromatic carbocycles. The third-order valence-corrected chi connectivity index (χ3v) is 3.49. The van der Waals surface area contributed by atoms with Gasteiger partial charge in [-0.05, 0) is 30.9 Å². The molecule has 0 fully saturated rings. The number of pyridine rings is 1. The minimum absolute atomic E-state index is 0.168. The normalized spacial score (nSPS) is 11.9. The van der Waals surface area contributed by atoms with Crippen molar-refractivity contribution in [1.29, 1.82) is 0 Å². The van der Waals surface area contributed by atoms with Gasteiger partial charge in [-0.3, -0.25) is 9.59 Å². The van der Waals surface area contributed by atoms with E-state index in [1.807, 2.05) is 6.92 Å². The van der Waals surface area contributed by atoms with Gasteiger partial charge in [-0.1, -0.05) is 24.9 Å². The van der Waals surface area contributed by atoms with Crippen molar-refractivity contribution in [2.24, 2.45) is 5.92 Å². The molecule has 6 heteroatoms. The summed E-state index contributed by atoms with van der Waals surface area (Å²) in [4.78, 5) is 26.3. The maximum absolute atomic E-state index is 11.9. The molecule has 1 aromatic heterocycles. The van der Waals surface area contributed by atoms with Crippen LogP contribution in [0.4, 0.5) is 0 Å². The largest absolute Gasteiger partial charge is 0.481 e. The quantitative estimate of drug-likeness (QED) is 0.723. The van der Waals surface area contributed by atoms with Gasteiger partial charge in [0.15, 0.2) is 0 Å². The molecule has 0 saturated carbocycles. The Kier molecular flexibility index (Phi) is 7.01. The van der Waals surface area contributed by atoms with Gasteiger partial charge in [0, 0.05) is 19.2 Å². The molecule has 1 atom stereocenters. The summed E-state index contributed by atoms with van der Waals surface area (Å²) in [6.45, 7) is 2.52. The van der Waals surface area contributed by atoms with Crippen LogP contribution in [0.15, 0.2) is 18.3 Å². The van der Waals surface area contributed by atoms with E-state index in [2.05, 4.69) is 10.3 Å². The topological polar surface area (TPSA) is 79.3 Å². The number of hydrogen-bond acceptors (Lipinski definition) is 3. The molecule has 0 saturated heterocycles. The highest BCUT2D eigenvalue weighted by molar-refractivity contribution is 6.32. The van der Waals surface area contributed by atoms with E-state index in [0.29, 0.717) is 24.4 Å². The van der Waals surface area contributed by atoms with Crippen LogP contribution in [0.5, 0.6) is 0 Å². The number of hydrogen-bond donors (Lipinski definition) is 2. The fourth-order valence-electron chi connectivity index (χ4n) is 1.92. The van der Waals surface area contributed by atoms with E-state index in [4.69, 9.17) is 16.7 Å². The molecule has 1 rings (SSSR count). The predicted molar refractivity (Wildman–Crippen MR) is 76.8 cm³/mol. The maximum atomic E-state index is 11.9. The van der Waals surface area contributed by atoms with E-state index in [1.165, 1.54) is 6.20 Å². The summed E-state index contributed by atoms with van der Waals surface area (Å²) >= 11 is 5.84. The number of amides is 1. The molecule has 0 aliphatic rings. The average Bonchev–Trinajstić information content (AvgIpc) is 2.42. The van der Waals surface area contributed by atoms with Crippen molar-refractivity contribution in [2.45, 2.75) is 32.6 Å². The summed E-state index contributed by atoms with van der Waals surface area (Å²) in [5.74, 6) is -0.735. The number of carbonyl (C=O) groups excluding carboxylic acids is 1. The van der Waals surface area contributed by atoms with Gasteiger partial charge in [0.25, 0.3) is 5.91 Å². The molecule has 5 nitrogen and oxygen atoms in total. The monoisotopic (exact) mass is 298 g/mol. The van der Waals surface area contributed by atoms with Crippen LogP contribution in [0.1, 0.15) is 43.0 Å². The fraction of sp³-hybridized carbons (Fsp3) is 0.500. The van der Waals surface area contributed by atoms with Crippen LogP contribution in [0.3, 0.4) is 0 Å². The Balaban J connectivity index is 2.37. The van der Waals surface area contributed by atoms with Crippen LogP contribution in [-0.2, 0) is 4.79 Å². The van der Waals surface area contributed by atoms with E-state index in [-0.39, 0.29) is 17.5 Å². The first kappa shape index (κ1) is 16.4. The van der Waals surface area contributed by atoms with Crippen molar-refractivity contribution in [3.63, 3.8) is 0 Å². The van der Waals surface area contributed by atoms with Crippen molar-refractivity contribution < 1.29 is 14.7 Å². The Hall–Kier alpha value is -1.62. The molecule has 0 radical (unpaired) electrons. The second kappa shape index (κ2) is 8.53. The van der Waals surface area contributed by atoms with E-state index in [1.54, 1.807) is 12.1 Å². The van der Waals surface area contributed by atoms with Crippen LogP contribution < -0.4 is 5.32 Å². The molecule has 1 amide bonds. The molecular formula is C14H19ClN2O3. The van der Waals surface area contributed by atoms with E-state index >= 15 is 0 Å². The SMILES string of the molecule is CCC(CCNC(=O)c1cccnc1Cl)CCC(=O)O. The van der Waals surface area contributed by atoms with Crippen molar-refractivity contribution in [3.05, 3.63) is 29.0 Å². The zero-order valence-corrected chi connectivity index (χ0v) is 12.2. The molecule has 1 unspecified atom stereocenters. The van der Waals surface area contributed by atoms with Gasteiger partial charge in [0.1, 0.15) is 5.15 Å². The molecule has 110 valence electrons. The molecular weight excluding hydrogens is 280 g/mol. The molecule has 0 bridgehead atoms. The first-order chi connectivity index (χ1) is 9.54. The van der Waals surface area contributed by atoms with Crippen molar-refractivity contribution >= 4 is 23.5 Å². The van der Waals surface area contributed by atoms with Crippen LogP contribution >= 0.6 is 11.6 Å². The number of nitrogens with one attached hydrogen (secondary N) is 1. The van der Waals surface area contributed by atoms with Gasteiger partial charge in [-0.15, -0.1) is 0 Å². The van der Waals surface area contributed by atoms with Crippen LogP contribution in [0.2, 0.25) is 5.15 Å². The Morgan fingerprint density at radius 3 is 2.80 bits per heavy atom. The second-order valence-corrected chi connectivity index (χ2v) is 4.95. The van der Waals surface area contributed by atoms with Crippen molar-refractivity contribution in [1.82, 2.24) is 10.3 Å². The Morgan fingerprint density at radius 1 is 1.45 bits per heavy atom. The molecule has 20 heavy (non-hydrogen) atoms. The fourth-order valence-corrected chi connectivity index (χ4v) is 2.13. The summed E-state index contributed by atoms with van der Waals surface area (Å²) in [6, 6.07) is 3.27. The minimum Gasteiger partial charge on any atom is -0.481 e. The lowest BCUT2D eigenvalue weighted by molar-refractivity contribution is -0.137. The van der Waals surface area contributed by atoms with Crippen LogP contribution in [0.25, 0.3) is 0 Å². The number of nitrogens with zero attached hydrogens (tertiary/aromatic N) is 1. The zero-order chi connectivity index (χ0) is 15.0. The summed E-state index contributed by atoms with van der Waals surface area (Å²) in [5.41, 5.74) is 0.354. The maximum Gasteiger partial charge on any atom is 0.303 e. The van der Waals surface area contributed by atoms with E-state index in [0.717, 1.165) is 12.8 Å². The molecule has 0 spiro atoms. The highest BCUT2D eigenvalue weighted by atomic mass is 35.5. The van der Waals surface area contributed by atoms with Crippen molar-refractivity contribution in [2.75, 3.05) is 6.54 Å². The molecule has 1 aromatic rings. The number of carbonyl (C=O) groups is 2. The molecule has 0 aliphatic heterocycles. The van der Waals surface area contributed by atoms with E-state index < -0.39 is 5.97 Å². The number of aliphatic carboxylic acids is 1. The lowest BCUT2D eigenvalue weighted by Gasteiger charge is -2.14. The number of rotatable bonds is 8. The highest BCUT2D eigenvalue weighted by Crippen LogP contribution is 2.15. The highest BCUT2D eigenvalue weighted by Gasteiger charge is 2.12. The van der Waals surface area contributed by atoms with Gasteiger partial charge >= 0.3 is 5.97 Å². The van der Waals surface area contributed by atoms with Gasteiger partial charge in [0.2, 0.25) is 0 Å². The Morgan fingerprint density at radius 2 is 2.20 bits per heavy atom. The predicted octanol–water partition coefficient (Wildman–Crippen LogP) is 2.75. The second-order valence-electron chi connectivity index (χ2n) is 4.59. The first-order valence-electron chi connectivity index (χ1n) is 6.65. The van der Waals surface area contributed by atoms with E-state index in [9.17, 15) is 9.59 Å². The number of carboxylic acid groups (broad SMARTS) is 1. The standard InChI is InChI=1S/C14H19ClN2O3/c1-2-10(5-6-12(18)19)7-9-17-14(20)11-4-3-8-16-13(11)15/h3-4,8,10H,2,5-7,9H2,1H3,(H,17,20)(H,18,19). The average molecular weight is 299 g/mol. The smallest absolute Gasteiger partial charge is 0.303 e. The van der Waals surface area contributed by atoms with Gasteiger partial charge in [-0.2, -0.15) is 0 Å². The summed E-state index contributed by atoms with van der Waals surface area (Å²) in [7, 11) is 0. The molecule has 2 N–H and O–H groups in total. The zero-order valence-electron chi connectivity index (χ0n) is 11.4. The summed E-state index contributed by atoms with van der Waals surface area (Å²) < 4.78 is 0. The lowest BCUT2D eigenvalue weighted by Crippen LogP contribution is -2.26. The van der Waals surface area contributed by atoms with Gasteiger partial charge in [-0.25, -0.2) is 4.98 Å². The molecule has 1 heterocycles. The number of aromatic nitrogens is 1.